The predicted octanol–water partition coefficient (Wildman–Crippen LogP) is 1.46. The molecule has 0 fully saturated rings. The number of carbonyl (C=O) groups is 1. The van der Waals surface area contributed by atoms with E-state index in [1.807, 2.05) is 30.1 Å². The minimum Gasteiger partial charge on any atom is -0.481 e. The number of hydrogen-bond donors (Lipinski definition) is 1. The first-order valence-corrected chi connectivity index (χ1v) is 5.01. The molecule has 4 heteroatoms. The van der Waals surface area contributed by atoms with Crippen LogP contribution in [0.15, 0.2) is 24.3 Å². The van der Waals surface area contributed by atoms with Gasteiger partial charge >= 0.3 is 5.97 Å². The van der Waals surface area contributed by atoms with E-state index in [9.17, 15) is 4.79 Å². The molecule has 1 aromatic carbocycles. The Labute approximate surface area is 94.7 Å². The number of benzene rings is 1. The molecule has 1 rings (SSSR count). The number of carboxylic acids is 1. The minimum absolute atomic E-state index is 0.133. The molecule has 84 valence electrons. The maximum Gasteiger partial charge on any atom is 0.304 e. The molecule has 4 nitrogen and oxygen atoms in total. The van der Waals surface area contributed by atoms with Gasteiger partial charge in [-0.05, 0) is 24.7 Å². The van der Waals surface area contributed by atoms with Crippen molar-refractivity contribution in [2.75, 3.05) is 13.6 Å². The largest absolute Gasteiger partial charge is 0.481 e. The third-order valence-electron chi connectivity index (χ3n) is 2.22. The van der Waals surface area contributed by atoms with Crippen LogP contribution in [0.3, 0.4) is 0 Å². The van der Waals surface area contributed by atoms with Gasteiger partial charge in [0.1, 0.15) is 0 Å². The number of aliphatic carboxylic acids is 1. The maximum absolute atomic E-state index is 10.4. The van der Waals surface area contributed by atoms with Gasteiger partial charge in [0.05, 0.1) is 18.1 Å². The second-order valence-corrected chi connectivity index (χ2v) is 3.69. The topological polar surface area (TPSA) is 64.3 Å². The van der Waals surface area contributed by atoms with Crippen LogP contribution in [0.4, 0.5) is 0 Å². The lowest BCUT2D eigenvalue weighted by atomic mass is 10.1. The van der Waals surface area contributed by atoms with Crippen LogP contribution >= 0.6 is 0 Å². The molecule has 0 saturated heterocycles. The van der Waals surface area contributed by atoms with Crippen LogP contribution in [0.1, 0.15) is 17.5 Å². The van der Waals surface area contributed by atoms with Crippen molar-refractivity contribution >= 4 is 5.97 Å². The van der Waals surface area contributed by atoms with E-state index in [0.29, 0.717) is 18.7 Å². The first-order chi connectivity index (χ1) is 7.61. The highest BCUT2D eigenvalue weighted by Crippen LogP contribution is 2.06. The molecule has 0 heterocycles. The van der Waals surface area contributed by atoms with Crippen molar-refractivity contribution in [3.05, 3.63) is 35.4 Å². The number of carboxylic acid groups (broad SMARTS) is 1. The third-order valence-corrected chi connectivity index (χ3v) is 2.22. The van der Waals surface area contributed by atoms with E-state index in [2.05, 4.69) is 6.07 Å². The van der Waals surface area contributed by atoms with Gasteiger partial charge in [0.15, 0.2) is 0 Å². The van der Waals surface area contributed by atoms with Crippen molar-refractivity contribution in [2.24, 2.45) is 0 Å². The number of nitriles is 1. The van der Waals surface area contributed by atoms with Crippen molar-refractivity contribution in [1.82, 2.24) is 4.90 Å². The summed E-state index contributed by atoms with van der Waals surface area (Å²) in [5.41, 5.74) is 1.65. The molecule has 0 unspecified atom stereocenters. The summed E-state index contributed by atoms with van der Waals surface area (Å²) in [6.45, 7) is 1.16. The molecule has 0 spiro atoms. The van der Waals surface area contributed by atoms with Gasteiger partial charge in [-0.25, -0.2) is 0 Å². The number of rotatable bonds is 5. The molecular formula is C12H14N2O2. The Kier molecular flexibility index (Phi) is 4.49. The van der Waals surface area contributed by atoms with E-state index in [4.69, 9.17) is 10.4 Å². The van der Waals surface area contributed by atoms with Gasteiger partial charge in [-0.1, -0.05) is 12.1 Å². The average Bonchev–Trinajstić information content (AvgIpc) is 2.26. The summed E-state index contributed by atoms with van der Waals surface area (Å²) in [7, 11) is 1.86. The van der Waals surface area contributed by atoms with Gasteiger partial charge in [0.25, 0.3) is 0 Å². The summed E-state index contributed by atoms with van der Waals surface area (Å²) in [5, 5.41) is 17.3. The van der Waals surface area contributed by atoms with E-state index in [1.54, 1.807) is 6.07 Å². The van der Waals surface area contributed by atoms with Crippen LogP contribution in [-0.4, -0.2) is 29.6 Å². The van der Waals surface area contributed by atoms with Gasteiger partial charge in [0, 0.05) is 13.1 Å². The molecule has 1 N–H and O–H groups in total. The fraction of sp³-hybridized carbons (Fsp3) is 0.333. The zero-order valence-corrected chi connectivity index (χ0v) is 9.18. The molecule has 0 saturated carbocycles. The van der Waals surface area contributed by atoms with E-state index < -0.39 is 5.97 Å². The highest BCUT2D eigenvalue weighted by atomic mass is 16.4. The lowest BCUT2D eigenvalue weighted by Gasteiger charge is -2.15. The first-order valence-electron chi connectivity index (χ1n) is 5.01. The Balaban J connectivity index is 2.52. The van der Waals surface area contributed by atoms with E-state index >= 15 is 0 Å². The van der Waals surface area contributed by atoms with Crippen LogP contribution in [0, 0.1) is 11.3 Å². The monoisotopic (exact) mass is 218 g/mol. The lowest BCUT2D eigenvalue weighted by Crippen LogP contribution is -2.21. The second kappa shape index (κ2) is 5.89. The molecule has 0 amide bonds. The quantitative estimate of drug-likeness (QED) is 0.812. The highest BCUT2D eigenvalue weighted by Gasteiger charge is 2.03. The molecule has 0 aromatic heterocycles. The predicted molar refractivity (Wildman–Crippen MR) is 59.7 cm³/mol. The molecule has 16 heavy (non-hydrogen) atoms. The van der Waals surface area contributed by atoms with Gasteiger partial charge < -0.3 is 10.0 Å². The van der Waals surface area contributed by atoms with Gasteiger partial charge in [-0.2, -0.15) is 5.26 Å². The zero-order valence-electron chi connectivity index (χ0n) is 9.18. The number of hydrogen-bond acceptors (Lipinski definition) is 3. The molecule has 0 aliphatic carbocycles. The minimum atomic E-state index is -0.794. The standard InChI is InChI=1S/C12H14N2O2/c1-14(6-5-12(15)16)9-11-4-2-3-10(7-11)8-13/h2-4,7H,5-6,9H2,1H3,(H,15,16). The van der Waals surface area contributed by atoms with Crippen LogP contribution in [0.25, 0.3) is 0 Å². The Morgan fingerprint density at radius 2 is 2.31 bits per heavy atom. The van der Waals surface area contributed by atoms with Crippen molar-refractivity contribution in [3.63, 3.8) is 0 Å². The van der Waals surface area contributed by atoms with Gasteiger partial charge in [-0.3, -0.25) is 4.79 Å². The molecular weight excluding hydrogens is 204 g/mol. The van der Waals surface area contributed by atoms with E-state index in [1.165, 1.54) is 0 Å². The normalized spacial score (nSPS) is 10.1. The van der Waals surface area contributed by atoms with Crippen LogP contribution in [0.5, 0.6) is 0 Å². The molecule has 0 atom stereocenters. The first kappa shape index (κ1) is 12.2. The fourth-order valence-electron chi connectivity index (χ4n) is 1.42. The molecule has 0 bridgehead atoms. The fourth-order valence-corrected chi connectivity index (χ4v) is 1.42. The van der Waals surface area contributed by atoms with Gasteiger partial charge in [-0.15, -0.1) is 0 Å². The smallest absolute Gasteiger partial charge is 0.304 e. The summed E-state index contributed by atoms with van der Waals surface area (Å²) in [6.07, 6.45) is 0.133. The molecule has 1 aromatic rings. The van der Waals surface area contributed by atoms with Crippen molar-refractivity contribution in [3.8, 4) is 6.07 Å². The zero-order chi connectivity index (χ0) is 12.0. The van der Waals surface area contributed by atoms with Crippen molar-refractivity contribution < 1.29 is 9.90 Å². The molecule has 0 aliphatic rings. The van der Waals surface area contributed by atoms with Crippen molar-refractivity contribution in [2.45, 2.75) is 13.0 Å². The van der Waals surface area contributed by atoms with E-state index in [0.717, 1.165) is 5.56 Å². The summed E-state index contributed by atoms with van der Waals surface area (Å²) < 4.78 is 0. The maximum atomic E-state index is 10.4. The third kappa shape index (κ3) is 4.11. The summed E-state index contributed by atoms with van der Waals surface area (Å²) >= 11 is 0. The van der Waals surface area contributed by atoms with Gasteiger partial charge in [0.2, 0.25) is 0 Å². The number of nitrogens with zero attached hydrogens (tertiary/aromatic N) is 2. The Hall–Kier alpha value is -1.86. The average molecular weight is 218 g/mol. The highest BCUT2D eigenvalue weighted by molar-refractivity contribution is 5.66. The van der Waals surface area contributed by atoms with Crippen LogP contribution < -0.4 is 0 Å². The Bertz CT molecular complexity index is 410. The van der Waals surface area contributed by atoms with Crippen molar-refractivity contribution in [1.29, 1.82) is 5.26 Å². The summed E-state index contributed by atoms with van der Waals surface area (Å²) in [6, 6.07) is 9.41. The molecule has 0 aliphatic heterocycles. The molecule has 0 radical (unpaired) electrons. The van der Waals surface area contributed by atoms with E-state index in [-0.39, 0.29) is 6.42 Å². The Morgan fingerprint density at radius 3 is 2.94 bits per heavy atom. The summed E-state index contributed by atoms with van der Waals surface area (Å²) in [5.74, 6) is -0.794. The second-order valence-electron chi connectivity index (χ2n) is 3.69. The lowest BCUT2D eigenvalue weighted by molar-refractivity contribution is -0.137. The SMILES string of the molecule is CN(CCC(=O)O)Cc1cccc(C#N)c1. The van der Waals surface area contributed by atoms with Crippen LogP contribution in [0.2, 0.25) is 0 Å². The Morgan fingerprint density at radius 1 is 1.56 bits per heavy atom. The summed E-state index contributed by atoms with van der Waals surface area (Å²) in [4.78, 5) is 12.3. The van der Waals surface area contributed by atoms with Crippen LogP contribution in [-0.2, 0) is 11.3 Å².